The second-order valence-electron chi connectivity index (χ2n) is 4.73. The smallest absolute Gasteiger partial charge is 0.196 e. The molecule has 0 radical (unpaired) electrons. The second-order valence-corrected chi connectivity index (χ2v) is 5.54. The van der Waals surface area contributed by atoms with Gasteiger partial charge in [-0.2, -0.15) is 0 Å². The van der Waals surface area contributed by atoms with Gasteiger partial charge in [0.25, 0.3) is 0 Å². The summed E-state index contributed by atoms with van der Waals surface area (Å²) < 4.78 is 0. The molecule has 20 heavy (non-hydrogen) atoms. The Labute approximate surface area is 129 Å². The fourth-order valence-corrected chi connectivity index (χ4v) is 2.63. The highest BCUT2D eigenvalue weighted by molar-refractivity contribution is 6.41. The number of hydrogen-bond acceptors (Lipinski definition) is 1. The van der Waals surface area contributed by atoms with Crippen LogP contribution in [0, 0.1) is 0 Å². The average Bonchev–Trinajstić information content (AvgIpc) is 2.45. The van der Waals surface area contributed by atoms with E-state index in [1.54, 1.807) is 18.2 Å². The van der Waals surface area contributed by atoms with Crippen molar-refractivity contribution in [3.8, 4) is 0 Å². The largest absolute Gasteiger partial charge is 0.288 e. The molecule has 1 nitrogen and oxygen atoms in total. The van der Waals surface area contributed by atoms with E-state index in [2.05, 4.69) is 6.92 Å². The number of rotatable bonds is 5. The monoisotopic (exact) mass is 306 g/mol. The lowest BCUT2D eigenvalue weighted by molar-refractivity contribution is 0.103. The zero-order valence-corrected chi connectivity index (χ0v) is 12.8. The topological polar surface area (TPSA) is 17.1 Å². The predicted octanol–water partition coefficient (Wildman–Crippen LogP) is 5.57. The van der Waals surface area contributed by atoms with Crippen LogP contribution in [0.3, 0.4) is 0 Å². The molecule has 3 heteroatoms. The van der Waals surface area contributed by atoms with Gasteiger partial charge in [0.15, 0.2) is 5.78 Å². The van der Waals surface area contributed by atoms with Gasteiger partial charge in [-0.3, -0.25) is 4.79 Å². The Bertz CT molecular complexity index is 583. The van der Waals surface area contributed by atoms with E-state index in [0.29, 0.717) is 21.2 Å². The van der Waals surface area contributed by atoms with Crippen molar-refractivity contribution in [1.29, 1.82) is 0 Å². The molecule has 0 aromatic heterocycles. The molecule has 0 bridgehead atoms. The average molecular weight is 307 g/mol. The normalized spacial score (nSPS) is 10.6. The first kappa shape index (κ1) is 15.1. The summed E-state index contributed by atoms with van der Waals surface area (Å²) in [7, 11) is 0. The van der Waals surface area contributed by atoms with E-state index in [-0.39, 0.29) is 5.78 Å². The number of carbonyl (C=O) groups excluding carboxylic acids is 1. The fourth-order valence-electron chi connectivity index (χ4n) is 2.06. The van der Waals surface area contributed by atoms with Gasteiger partial charge in [0, 0.05) is 5.56 Å². The van der Waals surface area contributed by atoms with Crippen molar-refractivity contribution >= 4 is 29.0 Å². The Kier molecular flexibility index (Phi) is 5.22. The quantitative estimate of drug-likeness (QED) is 0.660. The maximum atomic E-state index is 12.4. The van der Waals surface area contributed by atoms with Crippen molar-refractivity contribution in [2.24, 2.45) is 0 Å². The molecule has 0 N–H and O–H groups in total. The fraction of sp³-hybridized carbons (Fsp3) is 0.235. The third-order valence-corrected chi connectivity index (χ3v) is 3.85. The molecule has 0 heterocycles. The summed E-state index contributed by atoms with van der Waals surface area (Å²) in [5.74, 6) is -0.136. The molecule has 0 aliphatic carbocycles. The van der Waals surface area contributed by atoms with Crippen LogP contribution < -0.4 is 0 Å². The number of halogens is 2. The minimum absolute atomic E-state index is 0.136. The molecule has 2 rings (SSSR count). The Hall–Kier alpha value is -1.31. The Balaban J connectivity index is 2.25. The van der Waals surface area contributed by atoms with Gasteiger partial charge in [-0.05, 0) is 30.5 Å². The number of unbranched alkanes of at least 4 members (excludes halogenated alkanes) is 1. The third-order valence-electron chi connectivity index (χ3n) is 3.22. The molecule has 0 unspecified atom stereocenters. The Morgan fingerprint density at radius 1 is 1.00 bits per heavy atom. The minimum atomic E-state index is -0.136. The molecule has 0 amide bonds. The highest BCUT2D eigenvalue weighted by Gasteiger charge is 2.16. The van der Waals surface area contributed by atoms with Crippen LogP contribution >= 0.6 is 23.2 Å². The van der Waals surface area contributed by atoms with Crippen LogP contribution in [0.4, 0.5) is 0 Å². The number of benzene rings is 2. The summed E-state index contributed by atoms with van der Waals surface area (Å²) >= 11 is 12.1. The van der Waals surface area contributed by atoms with Gasteiger partial charge < -0.3 is 0 Å². The summed E-state index contributed by atoms with van der Waals surface area (Å²) in [4.78, 5) is 12.4. The van der Waals surface area contributed by atoms with E-state index < -0.39 is 0 Å². The highest BCUT2D eigenvalue weighted by atomic mass is 35.5. The lowest BCUT2D eigenvalue weighted by Gasteiger charge is -2.07. The van der Waals surface area contributed by atoms with Crippen LogP contribution in [0.1, 0.15) is 41.3 Å². The van der Waals surface area contributed by atoms with Gasteiger partial charge in [-0.25, -0.2) is 0 Å². The number of hydrogen-bond donors (Lipinski definition) is 0. The van der Waals surface area contributed by atoms with Crippen molar-refractivity contribution in [1.82, 2.24) is 0 Å². The highest BCUT2D eigenvalue weighted by Crippen LogP contribution is 2.27. The molecule has 2 aromatic rings. The van der Waals surface area contributed by atoms with Gasteiger partial charge in [-0.15, -0.1) is 0 Å². The predicted molar refractivity (Wildman–Crippen MR) is 84.9 cm³/mol. The second kappa shape index (κ2) is 6.92. The van der Waals surface area contributed by atoms with E-state index in [4.69, 9.17) is 23.2 Å². The molecular weight excluding hydrogens is 291 g/mol. The zero-order valence-electron chi connectivity index (χ0n) is 11.3. The number of aryl methyl sites for hydroxylation is 1. The van der Waals surface area contributed by atoms with Crippen molar-refractivity contribution in [3.05, 3.63) is 69.2 Å². The van der Waals surface area contributed by atoms with Crippen molar-refractivity contribution in [2.45, 2.75) is 26.2 Å². The van der Waals surface area contributed by atoms with Gasteiger partial charge in [0.1, 0.15) is 0 Å². The third kappa shape index (κ3) is 3.41. The van der Waals surface area contributed by atoms with E-state index >= 15 is 0 Å². The molecule has 0 spiro atoms. The Morgan fingerprint density at radius 3 is 2.15 bits per heavy atom. The molecule has 0 aliphatic rings. The van der Waals surface area contributed by atoms with Crippen LogP contribution in [0.5, 0.6) is 0 Å². The van der Waals surface area contributed by atoms with E-state index in [1.807, 2.05) is 24.3 Å². The standard InChI is InChI=1S/C17H16Cl2O/c1-2-3-5-12-8-10-13(11-9-12)17(20)16-14(18)6-4-7-15(16)19/h4,6-11H,2-3,5H2,1H3. The SMILES string of the molecule is CCCCc1ccc(C(=O)c2c(Cl)cccc2Cl)cc1. The summed E-state index contributed by atoms with van der Waals surface area (Å²) in [6.45, 7) is 2.16. The van der Waals surface area contributed by atoms with Crippen LogP contribution in [0.25, 0.3) is 0 Å². The number of ketones is 1. The lowest BCUT2D eigenvalue weighted by atomic mass is 10.0. The molecule has 0 fully saturated rings. The van der Waals surface area contributed by atoms with Crippen LogP contribution in [0.2, 0.25) is 10.0 Å². The summed E-state index contributed by atoms with van der Waals surface area (Å²) in [5, 5.41) is 0.773. The van der Waals surface area contributed by atoms with E-state index in [1.165, 1.54) is 5.56 Å². The first-order valence-electron chi connectivity index (χ1n) is 6.71. The molecule has 0 saturated heterocycles. The molecule has 104 valence electrons. The van der Waals surface area contributed by atoms with Crippen molar-refractivity contribution in [3.63, 3.8) is 0 Å². The Morgan fingerprint density at radius 2 is 1.60 bits per heavy atom. The van der Waals surface area contributed by atoms with E-state index in [9.17, 15) is 4.79 Å². The van der Waals surface area contributed by atoms with Gasteiger partial charge in [0.2, 0.25) is 0 Å². The van der Waals surface area contributed by atoms with Crippen molar-refractivity contribution < 1.29 is 4.79 Å². The lowest BCUT2D eigenvalue weighted by Crippen LogP contribution is -2.03. The minimum Gasteiger partial charge on any atom is -0.288 e. The van der Waals surface area contributed by atoms with Crippen molar-refractivity contribution in [2.75, 3.05) is 0 Å². The molecule has 0 saturated carbocycles. The van der Waals surface area contributed by atoms with E-state index in [0.717, 1.165) is 19.3 Å². The van der Waals surface area contributed by atoms with Crippen LogP contribution in [-0.2, 0) is 6.42 Å². The maximum absolute atomic E-state index is 12.4. The molecule has 0 aliphatic heterocycles. The zero-order chi connectivity index (χ0) is 14.5. The summed E-state index contributed by atoms with van der Waals surface area (Å²) in [5.41, 5.74) is 2.23. The maximum Gasteiger partial charge on any atom is 0.196 e. The van der Waals surface area contributed by atoms with Gasteiger partial charge >= 0.3 is 0 Å². The first-order valence-corrected chi connectivity index (χ1v) is 7.46. The van der Waals surface area contributed by atoms with Gasteiger partial charge in [0.05, 0.1) is 15.6 Å². The van der Waals surface area contributed by atoms with Crippen LogP contribution in [0.15, 0.2) is 42.5 Å². The molecule has 0 atom stereocenters. The first-order chi connectivity index (χ1) is 9.63. The summed E-state index contributed by atoms with van der Waals surface area (Å²) in [6, 6.07) is 12.8. The molecule has 2 aromatic carbocycles. The number of carbonyl (C=O) groups is 1. The summed E-state index contributed by atoms with van der Waals surface area (Å²) in [6.07, 6.45) is 3.36. The van der Waals surface area contributed by atoms with Crippen LogP contribution in [-0.4, -0.2) is 5.78 Å². The van der Waals surface area contributed by atoms with Gasteiger partial charge in [-0.1, -0.05) is 66.9 Å². The molecular formula is C17H16Cl2O.